The zero-order valence-corrected chi connectivity index (χ0v) is 16.2. The normalized spacial score (nSPS) is 29.5. The van der Waals surface area contributed by atoms with Gasteiger partial charge in [0, 0.05) is 28.3 Å². The summed E-state index contributed by atoms with van der Waals surface area (Å²) < 4.78 is 13.3. The van der Waals surface area contributed by atoms with Crippen molar-refractivity contribution in [1.82, 2.24) is 9.88 Å². The number of amides is 2. The fourth-order valence-electron chi connectivity index (χ4n) is 5.09. The molecule has 0 spiro atoms. The quantitative estimate of drug-likeness (QED) is 0.547. The molecule has 3 saturated heterocycles. The number of fused-ring (bicyclic) bond motifs is 3. The van der Waals surface area contributed by atoms with E-state index in [0.717, 1.165) is 24.9 Å². The predicted molar refractivity (Wildman–Crippen MR) is 103 cm³/mol. The number of halogens is 3. The molecule has 3 aliphatic heterocycles. The van der Waals surface area contributed by atoms with Crippen LogP contribution in [0.4, 0.5) is 10.1 Å². The molecule has 3 unspecified atom stereocenters. The van der Waals surface area contributed by atoms with Crippen LogP contribution in [0.5, 0.6) is 0 Å². The molecule has 8 heteroatoms. The number of carbonyl (C=O) groups is 2. The largest absolute Gasteiger partial charge is 0.292 e. The van der Waals surface area contributed by atoms with Crippen molar-refractivity contribution in [3.63, 3.8) is 0 Å². The van der Waals surface area contributed by atoms with Gasteiger partial charge in [-0.15, -0.1) is 0 Å². The standard InChI is InChI=1S/C20H16Cl2FN3O2/c21-11-6-12(22)8-13(7-11)26-19(27)16-14-2-1-5-25(14)18(17(16)20(26)28)10-3-4-15(23)24-9-10/h3-4,6-9,14,16-18H,1-2,5H2/t14?,16?,17-,18?/m1/s1. The van der Waals surface area contributed by atoms with Crippen LogP contribution in [0.3, 0.4) is 0 Å². The maximum Gasteiger partial charge on any atom is 0.239 e. The van der Waals surface area contributed by atoms with Crippen molar-refractivity contribution in [1.29, 1.82) is 0 Å². The lowest BCUT2D eigenvalue weighted by Crippen LogP contribution is -2.39. The molecule has 5 rings (SSSR count). The number of nitrogens with zero attached hydrogens (tertiary/aromatic N) is 3. The first-order valence-corrected chi connectivity index (χ1v) is 9.92. The van der Waals surface area contributed by atoms with E-state index in [0.29, 0.717) is 15.7 Å². The number of aromatic nitrogens is 1. The third-order valence-corrected chi connectivity index (χ3v) is 6.49. The van der Waals surface area contributed by atoms with Gasteiger partial charge in [-0.1, -0.05) is 29.3 Å². The van der Waals surface area contributed by atoms with E-state index in [1.165, 1.54) is 17.2 Å². The molecule has 3 fully saturated rings. The summed E-state index contributed by atoms with van der Waals surface area (Å²) in [6, 6.07) is 7.36. The average molecular weight is 420 g/mol. The average Bonchev–Trinajstić information content (AvgIpc) is 3.27. The third-order valence-electron chi connectivity index (χ3n) is 6.05. The fourth-order valence-corrected chi connectivity index (χ4v) is 5.60. The molecule has 144 valence electrons. The molecule has 2 amide bonds. The van der Waals surface area contributed by atoms with Crippen LogP contribution in [0.1, 0.15) is 24.4 Å². The number of benzene rings is 1. The van der Waals surface area contributed by atoms with Gasteiger partial charge in [-0.2, -0.15) is 4.39 Å². The monoisotopic (exact) mass is 419 g/mol. The van der Waals surface area contributed by atoms with E-state index in [4.69, 9.17) is 23.2 Å². The van der Waals surface area contributed by atoms with E-state index in [-0.39, 0.29) is 23.9 Å². The SMILES string of the molecule is O=C1C2C3CCCN3C(c3ccc(F)nc3)[C@@H]2C(=O)N1c1cc(Cl)cc(Cl)c1. The van der Waals surface area contributed by atoms with Crippen molar-refractivity contribution >= 4 is 40.7 Å². The Morgan fingerprint density at radius 2 is 1.75 bits per heavy atom. The van der Waals surface area contributed by atoms with E-state index >= 15 is 0 Å². The molecule has 4 heterocycles. The minimum atomic E-state index is -0.569. The van der Waals surface area contributed by atoms with Crippen LogP contribution in [-0.2, 0) is 9.59 Å². The lowest BCUT2D eigenvalue weighted by Gasteiger charge is -2.28. The second-order valence-electron chi connectivity index (χ2n) is 7.50. The molecule has 1 aromatic carbocycles. The van der Waals surface area contributed by atoms with Gasteiger partial charge in [0.1, 0.15) is 0 Å². The smallest absolute Gasteiger partial charge is 0.239 e. The lowest BCUT2D eigenvalue weighted by molar-refractivity contribution is -0.123. The number of hydrogen-bond acceptors (Lipinski definition) is 4. The summed E-state index contributed by atoms with van der Waals surface area (Å²) >= 11 is 12.2. The third kappa shape index (κ3) is 2.59. The topological polar surface area (TPSA) is 53.5 Å². The molecule has 0 saturated carbocycles. The van der Waals surface area contributed by atoms with Gasteiger partial charge in [0.2, 0.25) is 17.8 Å². The maximum atomic E-state index is 13.4. The highest BCUT2D eigenvalue weighted by atomic mass is 35.5. The number of imide groups is 1. The molecule has 0 aliphatic carbocycles. The van der Waals surface area contributed by atoms with Crippen molar-refractivity contribution < 1.29 is 14.0 Å². The summed E-state index contributed by atoms with van der Waals surface area (Å²) in [7, 11) is 0. The number of pyridine rings is 1. The summed E-state index contributed by atoms with van der Waals surface area (Å²) in [4.78, 5) is 33.9. The highest BCUT2D eigenvalue weighted by Crippen LogP contribution is 2.53. The van der Waals surface area contributed by atoms with Crippen molar-refractivity contribution in [2.45, 2.75) is 24.9 Å². The summed E-state index contributed by atoms with van der Waals surface area (Å²) in [5, 5.41) is 0.726. The van der Waals surface area contributed by atoms with E-state index in [1.54, 1.807) is 24.3 Å². The Balaban J connectivity index is 1.59. The van der Waals surface area contributed by atoms with Crippen molar-refractivity contribution in [3.8, 4) is 0 Å². The first-order valence-electron chi connectivity index (χ1n) is 9.17. The zero-order chi connectivity index (χ0) is 19.6. The Morgan fingerprint density at radius 3 is 2.43 bits per heavy atom. The van der Waals surface area contributed by atoms with E-state index < -0.39 is 17.8 Å². The minimum absolute atomic E-state index is 0.00356. The van der Waals surface area contributed by atoms with Gasteiger partial charge in [-0.25, -0.2) is 9.88 Å². The Kier molecular flexibility index (Phi) is 4.19. The summed E-state index contributed by atoms with van der Waals surface area (Å²) in [6.07, 6.45) is 3.29. The van der Waals surface area contributed by atoms with Crippen molar-refractivity contribution in [3.05, 3.63) is 58.1 Å². The van der Waals surface area contributed by atoms with Crippen molar-refractivity contribution in [2.24, 2.45) is 11.8 Å². The van der Waals surface area contributed by atoms with Crippen molar-refractivity contribution in [2.75, 3.05) is 11.4 Å². The zero-order valence-electron chi connectivity index (χ0n) is 14.7. The summed E-state index contributed by atoms with van der Waals surface area (Å²) in [5.41, 5.74) is 1.15. The maximum absolute atomic E-state index is 13.4. The molecule has 0 radical (unpaired) electrons. The second kappa shape index (κ2) is 6.51. The first-order chi connectivity index (χ1) is 13.5. The molecular weight excluding hydrogens is 404 g/mol. The van der Waals surface area contributed by atoms with Gasteiger partial charge in [0.05, 0.1) is 17.5 Å². The van der Waals surface area contributed by atoms with Crippen LogP contribution >= 0.6 is 23.2 Å². The van der Waals surface area contributed by atoms with E-state index in [2.05, 4.69) is 9.88 Å². The van der Waals surface area contributed by atoms with Crippen LogP contribution in [-0.4, -0.2) is 34.3 Å². The van der Waals surface area contributed by atoms with Gasteiger partial charge < -0.3 is 0 Å². The number of hydrogen-bond donors (Lipinski definition) is 0. The summed E-state index contributed by atoms with van der Waals surface area (Å²) in [6.45, 7) is 0.809. The Morgan fingerprint density at radius 1 is 1.04 bits per heavy atom. The van der Waals surface area contributed by atoms with Gasteiger partial charge in [-0.05, 0) is 49.2 Å². The molecule has 28 heavy (non-hydrogen) atoms. The summed E-state index contributed by atoms with van der Waals surface area (Å²) in [5.74, 6) is -2.01. The van der Waals surface area contributed by atoms with Gasteiger partial charge in [0.25, 0.3) is 0 Å². The van der Waals surface area contributed by atoms with Crippen LogP contribution in [0, 0.1) is 17.8 Å². The van der Waals surface area contributed by atoms with Crippen LogP contribution in [0.25, 0.3) is 0 Å². The second-order valence-corrected chi connectivity index (χ2v) is 8.37. The van der Waals surface area contributed by atoms with Crippen LogP contribution < -0.4 is 4.90 Å². The van der Waals surface area contributed by atoms with Gasteiger partial charge in [0.15, 0.2) is 0 Å². The molecule has 5 nitrogen and oxygen atoms in total. The highest BCUT2D eigenvalue weighted by Gasteiger charge is 2.63. The fraction of sp³-hybridized carbons (Fsp3) is 0.350. The minimum Gasteiger partial charge on any atom is -0.292 e. The highest BCUT2D eigenvalue weighted by molar-refractivity contribution is 6.35. The van der Waals surface area contributed by atoms with E-state index in [9.17, 15) is 14.0 Å². The molecule has 0 bridgehead atoms. The molecule has 2 aromatic rings. The molecule has 4 atom stereocenters. The molecule has 1 aromatic heterocycles. The van der Waals surface area contributed by atoms with Gasteiger partial charge in [-0.3, -0.25) is 14.5 Å². The Hall–Kier alpha value is -2.02. The number of carbonyl (C=O) groups excluding carboxylic acids is 2. The molecule has 0 N–H and O–H groups in total. The Labute approximate surface area is 171 Å². The molecule has 3 aliphatic rings. The molecular formula is C20H16Cl2FN3O2. The number of anilines is 1. The number of rotatable bonds is 2. The van der Waals surface area contributed by atoms with Crippen LogP contribution in [0.15, 0.2) is 36.5 Å². The first kappa shape index (κ1) is 18.0. The lowest BCUT2D eigenvalue weighted by atomic mass is 9.85. The van der Waals surface area contributed by atoms with Crippen LogP contribution in [0.2, 0.25) is 10.0 Å². The Bertz CT molecular complexity index is 964. The van der Waals surface area contributed by atoms with Gasteiger partial charge >= 0.3 is 0 Å². The van der Waals surface area contributed by atoms with E-state index in [1.807, 2.05) is 0 Å². The predicted octanol–water partition coefficient (Wildman–Crippen LogP) is 3.85.